The van der Waals surface area contributed by atoms with E-state index >= 15 is 0 Å². The highest BCUT2D eigenvalue weighted by atomic mass is 79.9. The zero-order chi connectivity index (χ0) is 12.7. The molecule has 5 heteroatoms. The van der Waals surface area contributed by atoms with E-state index in [2.05, 4.69) is 26.2 Å². The van der Waals surface area contributed by atoms with Crippen LogP contribution < -0.4 is 5.32 Å². The van der Waals surface area contributed by atoms with E-state index in [0.717, 1.165) is 10.0 Å². The summed E-state index contributed by atoms with van der Waals surface area (Å²) < 4.78 is 5.92. The average Bonchev–Trinajstić information content (AvgIpc) is 2.26. The van der Waals surface area contributed by atoms with Crippen LogP contribution in [0, 0.1) is 0 Å². The second-order valence-electron chi connectivity index (χ2n) is 4.35. The largest absolute Gasteiger partial charge is 0.389 e. The van der Waals surface area contributed by atoms with Gasteiger partial charge in [-0.3, -0.25) is 4.98 Å². The van der Waals surface area contributed by atoms with Gasteiger partial charge in [0.05, 0.1) is 5.60 Å². The Morgan fingerprint density at radius 2 is 2.29 bits per heavy atom. The molecule has 1 heterocycles. The molecule has 1 unspecified atom stereocenters. The molecular formula is C12H19BrN2O2. The highest BCUT2D eigenvalue weighted by Gasteiger charge is 2.18. The van der Waals surface area contributed by atoms with Gasteiger partial charge in [-0.15, -0.1) is 0 Å². The van der Waals surface area contributed by atoms with Crippen molar-refractivity contribution in [2.75, 3.05) is 20.3 Å². The van der Waals surface area contributed by atoms with Gasteiger partial charge in [-0.1, -0.05) is 0 Å². The lowest BCUT2D eigenvalue weighted by molar-refractivity contribution is 0.0247. The number of hydrogen-bond acceptors (Lipinski definition) is 4. The van der Waals surface area contributed by atoms with Crippen molar-refractivity contribution in [3.63, 3.8) is 0 Å². The van der Waals surface area contributed by atoms with Crippen molar-refractivity contribution in [1.29, 1.82) is 0 Å². The van der Waals surface area contributed by atoms with E-state index in [9.17, 15) is 5.11 Å². The summed E-state index contributed by atoms with van der Waals surface area (Å²) in [4.78, 5) is 4.08. The Morgan fingerprint density at radius 3 is 2.94 bits per heavy atom. The Bertz CT molecular complexity index is 345. The fourth-order valence-corrected chi connectivity index (χ4v) is 1.85. The third-order valence-electron chi connectivity index (χ3n) is 2.44. The molecule has 0 aliphatic carbocycles. The molecular weight excluding hydrogens is 284 g/mol. The molecule has 1 aromatic heterocycles. The summed E-state index contributed by atoms with van der Waals surface area (Å²) in [6, 6.07) is 2.00. The molecule has 17 heavy (non-hydrogen) atoms. The summed E-state index contributed by atoms with van der Waals surface area (Å²) in [5.41, 5.74) is 0.344. The van der Waals surface area contributed by atoms with Crippen molar-refractivity contribution >= 4 is 15.9 Å². The van der Waals surface area contributed by atoms with Gasteiger partial charge in [0.2, 0.25) is 0 Å². The molecule has 0 spiro atoms. The smallest absolute Gasteiger partial charge is 0.0765 e. The molecule has 0 radical (unpaired) electrons. The van der Waals surface area contributed by atoms with Crippen LogP contribution in [-0.2, 0) is 11.3 Å². The van der Waals surface area contributed by atoms with Crippen molar-refractivity contribution < 1.29 is 9.84 Å². The second-order valence-corrected chi connectivity index (χ2v) is 5.27. The lowest BCUT2D eigenvalue weighted by Gasteiger charge is -2.23. The first-order valence-corrected chi connectivity index (χ1v) is 6.34. The Labute approximate surface area is 111 Å². The molecule has 0 saturated carbocycles. The van der Waals surface area contributed by atoms with Gasteiger partial charge in [0.1, 0.15) is 0 Å². The summed E-state index contributed by atoms with van der Waals surface area (Å²) >= 11 is 3.37. The van der Waals surface area contributed by atoms with Crippen molar-refractivity contribution in [1.82, 2.24) is 10.3 Å². The number of aromatic nitrogens is 1. The maximum Gasteiger partial charge on any atom is 0.0765 e. The second kappa shape index (κ2) is 7.06. The normalized spacial score (nSPS) is 14.6. The third-order valence-corrected chi connectivity index (χ3v) is 2.87. The highest BCUT2D eigenvalue weighted by Crippen LogP contribution is 2.10. The number of aliphatic hydroxyl groups is 1. The van der Waals surface area contributed by atoms with E-state index < -0.39 is 5.60 Å². The molecule has 0 fully saturated rings. The number of rotatable bonds is 7. The molecule has 1 rings (SSSR count). The Hall–Kier alpha value is -0.490. The maximum absolute atomic E-state index is 10.0. The minimum absolute atomic E-state index is 0.531. The number of methoxy groups -OCH3 is 1. The monoisotopic (exact) mass is 302 g/mol. The van der Waals surface area contributed by atoms with Crippen molar-refractivity contribution in [3.8, 4) is 0 Å². The van der Waals surface area contributed by atoms with Crippen molar-refractivity contribution in [2.45, 2.75) is 25.5 Å². The molecule has 4 nitrogen and oxygen atoms in total. The van der Waals surface area contributed by atoms with Crippen LogP contribution in [-0.4, -0.2) is 36.0 Å². The summed E-state index contributed by atoms with van der Waals surface area (Å²) in [5.74, 6) is 0. The molecule has 0 aliphatic heterocycles. The summed E-state index contributed by atoms with van der Waals surface area (Å²) in [6.07, 6.45) is 4.17. The maximum atomic E-state index is 10.0. The Kier molecular flexibility index (Phi) is 6.05. The first-order valence-electron chi connectivity index (χ1n) is 5.55. The number of hydrogen-bond donors (Lipinski definition) is 2. The van der Waals surface area contributed by atoms with E-state index in [1.165, 1.54) is 0 Å². The number of nitrogens with zero attached hydrogens (tertiary/aromatic N) is 1. The number of halogens is 1. The van der Waals surface area contributed by atoms with Gasteiger partial charge in [-0.05, 0) is 34.5 Å². The Balaban J connectivity index is 2.32. The van der Waals surface area contributed by atoms with Gasteiger partial charge in [-0.2, -0.15) is 0 Å². The molecule has 0 bridgehead atoms. The predicted octanol–water partition coefficient (Wildman–Crippen LogP) is 1.72. The molecule has 1 aromatic rings. The van der Waals surface area contributed by atoms with Crippen LogP contribution in [0.25, 0.3) is 0 Å². The molecule has 96 valence electrons. The van der Waals surface area contributed by atoms with Crippen LogP contribution in [0.4, 0.5) is 0 Å². The quantitative estimate of drug-likeness (QED) is 0.805. The van der Waals surface area contributed by atoms with Gasteiger partial charge in [0.25, 0.3) is 0 Å². The summed E-state index contributed by atoms with van der Waals surface area (Å²) in [6.45, 7) is 3.59. The number of nitrogens with one attached hydrogen (secondary N) is 1. The third kappa shape index (κ3) is 6.12. The summed E-state index contributed by atoms with van der Waals surface area (Å²) in [7, 11) is 1.64. The van der Waals surface area contributed by atoms with Crippen LogP contribution in [0.2, 0.25) is 0 Å². The van der Waals surface area contributed by atoms with Gasteiger partial charge >= 0.3 is 0 Å². The fourth-order valence-electron chi connectivity index (χ4n) is 1.44. The van der Waals surface area contributed by atoms with E-state index in [0.29, 0.717) is 26.1 Å². The van der Waals surface area contributed by atoms with E-state index in [1.54, 1.807) is 20.2 Å². The van der Waals surface area contributed by atoms with Gasteiger partial charge in [0.15, 0.2) is 0 Å². The van der Waals surface area contributed by atoms with E-state index in [-0.39, 0.29) is 0 Å². The molecule has 0 amide bonds. The van der Waals surface area contributed by atoms with Crippen molar-refractivity contribution in [3.05, 3.63) is 28.5 Å². The highest BCUT2D eigenvalue weighted by molar-refractivity contribution is 9.10. The molecule has 1 atom stereocenters. The van der Waals surface area contributed by atoms with Crippen LogP contribution >= 0.6 is 15.9 Å². The fraction of sp³-hybridized carbons (Fsp3) is 0.583. The Morgan fingerprint density at radius 1 is 1.53 bits per heavy atom. The zero-order valence-corrected chi connectivity index (χ0v) is 11.8. The standard InChI is InChI=1S/C12H19BrN2O2/c1-12(16,3-4-17-2)9-15-7-10-5-11(13)8-14-6-10/h5-6,8,15-16H,3-4,7,9H2,1-2H3. The molecule has 0 aliphatic rings. The van der Waals surface area contributed by atoms with Crippen LogP contribution in [0.3, 0.4) is 0 Å². The molecule has 0 saturated heterocycles. The van der Waals surface area contributed by atoms with Crippen LogP contribution in [0.15, 0.2) is 22.9 Å². The molecule has 0 aromatic carbocycles. The van der Waals surface area contributed by atoms with E-state index in [1.807, 2.05) is 12.3 Å². The first-order chi connectivity index (χ1) is 8.03. The van der Waals surface area contributed by atoms with Gasteiger partial charge < -0.3 is 15.2 Å². The minimum atomic E-state index is -0.741. The topological polar surface area (TPSA) is 54.4 Å². The summed E-state index contributed by atoms with van der Waals surface area (Å²) in [5, 5.41) is 13.2. The van der Waals surface area contributed by atoms with E-state index in [4.69, 9.17) is 4.74 Å². The van der Waals surface area contributed by atoms with Crippen LogP contribution in [0.5, 0.6) is 0 Å². The number of pyridine rings is 1. The van der Waals surface area contributed by atoms with Crippen molar-refractivity contribution in [2.24, 2.45) is 0 Å². The van der Waals surface area contributed by atoms with Gasteiger partial charge in [0, 0.05) is 50.1 Å². The lowest BCUT2D eigenvalue weighted by Crippen LogP contribution is -2.38. The molecule has 2 N–H and O–H groups in total. The lowest BCUT2D eigenvalue weighted by atomic mass is 10.0. The predicted molar refractivity (Wildman–Crippen MR) is 70.8 cm³/mol. The van der Waals surface area contributed by atoms with Crippen LogP contribution in [0.1, 0.15) is 18.9 Å². The van der Waals surface area contributed by atoms with Gasteiger partial charge in [-0.25, -0.2) is 0 Å². The number of ether oxygens (including phenoxy) is 1. The zero-order valence-electron chi connectivity index (χ0n) is 10.2. The average molecular weight is 303 g/mol. The minimum Gasteiger partial charge on any atom is -0.389 e. The first kappa shape index (κ1) is 14.6. The SMILES string of the molecule is COCCC(C)(O)CNCc1cncc(Br)c1.